The molecule has 1 rings (SSSR count). The summed E-state index contributed by atoms with van der Waals surface area (Å²) in [5, 5.41) is 2.71. The Hall–Kier alpha value is -1.10. The molecule has 19 heavy (non-hydrogen) atoms. The van der Waals surface area contributed by atoms with Crippen LogP contribution in [0.1, 0.15) is 26.7 Å². The Morgan fingerprint density at radius 3 is 2.32 bits per heavy atom. The van der Waals surface area contributed by atoms with Gasteiger partial charge >= 0.3 is 11.8 Å². The zero-order valence-corrected chi connectivity index (χ0v) is 12.6. The minimum absolute atomic E-state index is 0.372. The van der Waals surface area contributed by atoms with E-state index in [9.17, 15) is 9.59 Å². The molecule has 0 aromatic carbocycles. The number of piperidine rings is 1. The summed E-state index contributed by atoms with van der Waals surface area (Å²) < 4.78 is 0. The number of hydrogen-bond acceptors (Lipinski definition) is 3. The van der Waals surface area contributed by atoms with Crippen molar-refractivity contribution in [3.05, 3.63) is 0 Å². The minimum atomic E-state index is -0.458. The molecule has 1 heterocycles. The lowest BCUT2D eigenvalue weighted by Gasteiger charge is -2.34. The van der Waals surface area contributed by atoms with E-state index in [0.29, 0.717) is 31.5 Å². The summed E-state index contributed by atoms with van der Waals surface area (Å²) >= 11 is 0. The number of nitrogens with zero attached hydrogens (tertiary/aromatic N) is 2. The fraction of sp³-hybridized carbons (Fsp3) is 0.857. The standard InChI is InChI=1S/C14H27N3O2/c1-11-8-12(2)10-17(9-11)14(19)13(18)15-6-5-7-16(3)4/h11-12H,5-10H2,1-4H3,(H,15,18). The van der Waals surface area contributed by atoms with E-state index in [1.807, 2.05) is 14.1 Å². The maximum Gasteiger partial charge on any atom is 0.311 e. The molecular weight excluding hydrogens is 242 g/mol. The molecule has 2 amide bonds. The molecule has 2 unspecified atom stereocenters. The van der Waals surface area contributed by atoms with Crippen LogP contribution in [0.3, 0.4) is 0 Å². The Balaban J connectivity index is 2.33. The average molecular weight is 269 g/mol. The second kappa shape index (κ2) is 7.48. The zero-order chi connectivity index (χ0) is 14.4. The molecule has 5 heteroatoms. The number of carbonyl (C=O) groups excluding carboxylic acids is 2. The summed E-state index contributed by atoms with van der Waals surface area (Å²) in [5.74, 6) is 0.131. The van der Waals surface area contributed by atoms with E-state index in [-0.39, 0.29) is 5.91 Å². The van der Waals surface area contributed by atoms with Gasteiger partial charge < -0.3 is 15.1 Å². The lowest BCUT2D eigenvalue weighted by molar-refractivity contribution is -0.147. The van der Waals surface area contributed by atoms with Gasteiger partial charge in [-0.25, -0.2) is 0 Å². The topological polar surface area (TPSA) is 52.7 Å². The van der Waals surface area contributed by atoms with Crippen molar-refractivity contribution in [1.29, 1.82) is 0 Å². The second-order valence-corrected chi connectivity index (χ2v) is 6.07. The molecule has 5 nitrogen and oxygen atoms in total. The number of carbonyl (C=O) groups is 2. The molecule has 0 aliphatic carbocycles. The molecule has 1 N–H and O–H groups in total. The van der Waals surface area contributed by atoms with E-state index in [4.69, 9.17) is 0 Å². The van der Waals surface area contributed by atoms with Crippen LogP contribution in [0.5, 0.6) is 0 Å². The van der Waals surface area contributed by atoms with E-state index in [0.717, 1.165) is 19.4 Å². The quantitative estimate of drug-likeness (QED) is 0.599. The molecule has 1 saturated heterocycles. The molecular formula is C14H27N3O2. The Kier molecular flexibility index (Phi) is 6.28. The van der Waals surface area contributed by atoms with E-state index in [1.54, 1.807) is 4.90 Å². The van der Waals surface area contributed by atoms with Gasteiger partial charge in [0.05, 0.1) is 0 Å². The largest absolute Gasteiger partial charge is 0.348 e. The van der Waals surface area contributed by atoms with E-state index < -0.39 is 5.91 Å². The molecule has 0 aromatic heterocycles. The first-order valence-corrected chi connectivity index (χ1v) is 7.12. The van der Waals surface area contributed by atoms with Crippen molar-refractivity contribution >= 4 is 11.8 Å². The van der Waals surface area contributed by atoms with Crippen molar-refractivity contribution in [3.8, 4) is 0 Å². The predicted octanol–water partition coefficient (Wildman–Crippen LogP) is 0.559. The summed E-state index contributed by atoms with van der Waals surface area (Å²) in [7, 11) is 3.98. The van der Waals surface area contributed by atoms with Gasteiger partial charge in [0.15, 0.2) is 0 Å². The van der Waals surface area contributed by atoms with Crippen molar-refractivity contribution in [1.82, 2.24) is 15.1 Å². The van der Waals surface area contributed by atoms with Gasteiger partial charge in [-0.05, 0) is 45.3 Å². The van der Waals surface area contributed by atoms with Crippen LogP contribution in [-0.2, 0) is 9.59 Å². The van der Waals surface area contributed by atoms with E-state index in [2.05, 4.69) is 24.1 Å². The van der Waals surface area contributed by atoms with Gasteiger partial charge in [0.2, 0.25) is 0 Å². The van der Waals surface area contributed by atoms with Gasteiger partial charge in [-0.1, -0.05) is 13.8 Å². The molecule has 0 radical (unpaired) electrons. The first kappa shape index (κ1) is 16.0. The fourth-order valence-corrected chi connectivity index (χ4v) is 2.65. The lowest BCUT2D eigenvalue weighted by Crippen LogP contribution is -2.49. The number of nitrogens with one attached hydrogen (secondary N) is 1. The van der Waals surface area contributed by atoms with Gasteiger partial charge in [-0.3, -0.25) is 9.59 Å². The number of hydrogen-bond donors (Lipinski definition) is 1. The van der Waals surface area contributed by atoms with Crippen molar-refractivity contribution in [2.75, 3.05) is 40.3 Å². The summed E-state index contributed by atoms with van der Waals surface area (Å²) in [6.45, 7) is 7.13. The van der Waals surface area contributed by atoms with Gasteiger partial charge in [0.1, 0.15) is 0 Å². The van der Waals surface area contributed by atoms with Crippen LogP contribution in [0.25, 0.3) is 0 Å². The lowest BCUT2D eigenvalue weighted by atomic mass is 9.92. The van der Waals surface area contributed by atoms with Gasteiger partial charge in [-0.2, -0.15) is 0 Å². The van der Waals surface area contributed by atoms with Crippen LogP contribution in [0, 0.1) is 11.8 Å². The molecule has 0 bridgehead atoms. The van der Waals surface area contributed by atoms with Crippen LogP contribution < -0.4 is 5.32 Å². The van der Waals surface area contributed by atoms with Crippen LogP contribution >= 0.6 is 0 Å². The first-order chi connectivity index (χ1) is 8.90. The van der Waals surface area contributed by atoms with Gasteiger partial charge in [-0.15, -0.1) is 0 Å². The third kappa shape index (κ3) is 5.59. The number of likely N-dealkylation sites (tertiary alicyclic amines) is 1. The predicted molar refractivity (Wildman–Crippen MR) is 75.7 cm³/mol. The van der Waals surface area contributed by atoms with E-state index in [1.165, 1.54) is 0 Å². The van der Waals surface area contributed by atoms with Crippen molar-refractivity contribution < 1.29 is 9.59 Å². The van der Waals surface area contributed by atoms with Crippen molar-refractivity contribution in [2.45, 2.75) is 26.7 Å². The minimum Gasteiger partial charge on any atom is -0.348 e. The Morgan fingerprint density at radius 1 is 1.21 bits per heavy atom. The normalized spacial score (nSPS) is 23.5. The summed E-state index contributed by atoms with van der Waals surface area (Å²) in [6, 6.07) is 0. The van der Waals surface area contributed by atoms with Crippen LogP contribution in [0.2, 0.25) is 0 Å². The molecule has 1 fully saturated rings. The molecule has 0 spiro atoms. The number of rotatable bonds is 4. The molecule has 1 aliphatic heterocycles. The highest BCUT2D eigenvalue weighted by molar-refractivity contribution is 6.35. The Labute approximate surface area is 116 Å². The molecule has 0 aromatic rings. The maximum absolute atomic E-state index is 12.0. The molecule has 1 aliphatic rings. The molecule has 2 atom stereocenters. The van der Waals surface area contributed by atoms with Crippen LogP contribution in [0.15, 0.2) is 0 Å². The Morgan fingerprint density at radius 2 is 1.79 bits per heavy atom. The average Bonchev–Trinajstić information content (AvgIpc) is 2.32. The zero-order valence-electron chi connectivity index (χ0n) is 12.6. The Bertz CT molecular complexity index is 308. The summed E-state index contributed by atoms with van der Waals surface area (Å²) in [6.07, 6.45) is 1.99. The van der Waals surface area contributed by atoms with Crippen molar-refractivity contribution in [2.24, 2.45) is 11.8 Å². The smallest absolute Gasteiger partial charge is 0.311 e. The highest BCUT2D eigenvalue weighted by atomic mass is 16.2. The third-order valence-corrected chi connectivity index (χ3v) is 3.42. The van der Waals surface area contributed by atoms with Crippen LogP contribution in [-0.4, -0.2) is 61.9 Å². The summed E-state index contributed by atoms with van der Waals surface area (Å²) in [4.78, 5) is 27.6. The highest BCUT2D eigenvalue weighted by Crippen LogP contribution is 2.20. The maximum atomic E-state index is 12.0. The van der Waals surface area contributed by atoms with Gasteiger partial charge in [0.25, 0.3) is 0 Å². The highest BCUT2D eigenvalue weighted by Gasteiger charge is 2.28. The fourth-order valence-electron chi connectivity index (χ4n) is 2.65. The number of amides is 2. The second-order valence-electron chi connectivity index (χ2n) is 6.07. The first-order valence-electron chi connectivity index (χ1n) is 7.12. The SMILES string of the molecule is CC1CC(C)CN(C(=O)C(=O)NCCCN(C)C)C1. The van der Waals surface area contributed by atoms with Crippen LogP contribution in [0.4, 0.5) is 0 Å². The molecule has 110 valence electrons. The molecule has 0 saturated carbocycles. The van der Waals surface area contributed by atoms with Gasteiger partial charge in [0, 0.05) is 19.6 Å². The summed E-state index contributed by atoms with van der Waals surface area (Å²) in [5.41, 5.74) is 0. The third-order valence-electron chi connectivity index (χ3n) is 3.42. The van der Waals surface area contributed by atoms with E-state index >= 15 is 0 Å². The monoisotopic (exact) mass is 269 g/mol. The van der Waals surface area contributed by atoms with Crippen molar-refractivity contribution in [3.63, 3.8) is 0 Å².